The van der Waals surface area contributed by atoms with E-state index in [0.29, 0.717) is 41.7 Å². The molecule has 28 heavy (non-hydrogen) atoms. The summed E-state index contributed by atoms with van der Waals surface area (Å²) in [6.45, 7) is 5.20. The maximum Gasteiger partial charge on any atom is 0.255 e. The van der Waals surface area contributed by atoms with E-state index < -0.39 is 10.0 Å². The molecule has 1 aliphatic heterocycles. The van der Waals surface area contributed by atoms with Crippen LogP contribution in [0.5, 0.6) is 0 Å². The van der Waals surface area contributed by atoms with Crippen molar-refractivity contribution in [1.82, 2.24) is 4.31 Å². The van der Waals surface area contributed by atoms with Crippen LogP contribution in [0.2, 0.25) is 0 Å². The first kappa shape index (κ1) is 20.1. The van der Waals surface area contributed by atoms with E-state index in [1.807, 2.05) is 6.07 Å². The van der Waals surface area contributed by atoms with E-state index in [-0.39, 0.29) is 10.8 Å². The van der Waals surface area contributed by atoms with Crippen LogP contribution in [0.15, 0.2) is 53.4 Å². The first-order chi connectivity index (χ1) is 13.3. The molecule has 0 unspecified atom stereocenters. The second-order valence-corrected chi connectivity index (χ2v) is 9.37. The summed E-state index contributed by atoms with van der Waals surface area (Å²) in [5.74, 6) is 0.354. The molecule has 0 aromatic heterocycles. The normalized spacial score (nSPS) is 20.3. The van der Waals surface area contributed by atoms with Crippen LogP contribution in [0, 0.1) is 23.2 Å². The molecule has 1 N–H and O–H groups in total. The minimum absolute atomic E-state index is 0.227. The molecule has 3 rings (SSSR count). The van der Waals surface area contributed by atoms with Crippen molar-refractivity contribution >= 4 is 21.6 Å². The summed E-state index contributed by atoms with van der Waals surface area (Å²) in [6.07, 6.45) is 1.03. The van der Waals surface area contributed by atoms with Crippen molar-refractivity contribution in [2.24, 2.45) is 11.8 Å². The lowest BCUT2D eigenvalue weighted by atomic mass is 9.94. The number of sulfonamides is 1. The molecule has 1 fully saturated rings. The summed E-state index contributed by atoms with van der Waals surface area (Å²) in [7, 11) is -3.54. The average Bonchev–Trinajstić information content (AvgIpc) is 2.67. The van der Waals surface area contributed by atoms with Crippen molar-refractivity contribution in [2.75, 3.05) is 18.4 Å². The topological polar surface area (TPSA) is 90.3 Å². The number of hydrogen-bond acceptors (Lipinski definition) is 4. The zero-order chi connectivity index (χ0) is 20.3. The summed E-state index contributed by atoms with van der Waals surface area (Å²) in [5.41, 5.74) is 1.41. The van der Waals surface area contributed by atoms with Gasteiger partial charge in [0.05, 0.1) is 16.5 Å². The Balaban J connectivity index is 1.72. The Morgan fingerprint density at radius 3 is 2.14 bits per heavy atom. The van der Waals surface area contributed by atoms with Gasteiger partial charge in [-0.1, -0.05) is 13.8 Å². The van der Waals surface area contributed by atoms with E-state index in [1.165, 1.54) is 12.1 Å². The lowest BCUT2D eigenvalue weighted by Gasteiger charge is -2.34. The highest BCUT2D eigenvalue weighted by molar-refractivity contribution is 7.89. The molecule has 2 aromatic carbocycles. The van der Waals surface area contributed by atoms with Crippen molar-refractivity contribution in [2.45, 2.75) is 25.2 Å². The third-order valence-corrected chi connectivity index (χ3v) is 6.71. The van der Waals surface area contributed by atoms with Gasteiger partial charge in [-0.05, 0) is 66.8 Å². The van der Waals surface area contributed by atoms with Gasteiger partial charge in [-0.15, -0.1) is 0 Å². The van der Waals surface area contributed by atoms with Crippen LogP contribution in [-0.2, 0) is 10.0 Å². The number of nitriles is 1. The van der Waals surface area contributed by atoms with Crippen LogP contribution in [0.25, 0.3) is 0 Å². The molecule has 7 heteroatoms. The Kier molecular flexibility index (Phi) is 5.82. The minimum Gasteiger partial charge on any atom is -0.322 e. The molecule has 0 bridgehead atoms. The number of piperidine rings is 1. The maximum absolute atomic E-state index is 12.9. The van der Waals surface area contributed by atoms with E-state index in [2.05, 4.69) is 19.2 Å². The highest BCUT2D eigenvalue weighted by Crippen LogP contribution is 2.27. The molecule has 1 amide bonds. The van der Waals surface area contributed by atoms with Gasteiger partial charge in [-0.3, -0.25) is 4.79 Å². The van der Waals surface area contributed by atoms with Gasteiger partial charge in [-0.2, -0.15) is 9.57 Å². The van der Waals surface area contributed by atoms with Crippen molar-refractivity contribution in [3.8, 4) is 6.07 Å². The molecule has 2 atom stereocenters. The van der Waals surface area contributed by atoms with Crippen molar-refractivity contribution < 1.29 is 13.2 Å². The Bertz CT molecular complexity index is 983. The monoisotopic (exact) mass is 397 g/mol. The first-order valence-electron chi connectivity index (χ1n) is 9.21. The van der Waals surface area contributed by atoms with E-state index in [9.17, 15) is 13.2 Å². The maximum atomic E-state index is 12.9. The molecule has 1 heterocycles. The predicted molar refractivity (Wildman–Crippen MR) is 107 cm³/mol. The zero-order valence-corrected chi connectivity index (χ0v) is 16.7. The fraction of sp³-hybridized carbons (Fsp3) is 0.333. The highest BCUT2D eigenvalue weighted by Gasteiger charge is 2.31. The third-order valence-electron chi connectivity index (χ3n) is 4.86. The largest absolute Gasteiger partial charge is 0.322 e. The number of amides is 1. The lowest BCUT2D eigenvalue weighted by molar-refractivity contribution is 0.102. The molecule has 146 valence electrons. The van der Waals surface area contributed by atoms with Crippen LogP contribution in [-0.4, -0.2) is 31.7 Å². The van der Waals surface area contributed by atoms with Gasteiger partial charge in [-0.25, -0.2) is 8.42 Å². The number of nitrogens with zero attached hydrogens (tertiary/aromatic N) is 2. The van der Waals surface area contributed by atoms with Crippen LogP contribution >= 0.6 is 0 Å². The molecule has 1 aliphatic rings. The number of benzene rings is 2. The highest BCUT2D eigenvalue weighted by atomic mass is 32.2. The Morgan fingerprint density at radius 2 is 1.61 bits per heavy atom. The Hall–Kier alpha value is -2.69. The van der Waals surface area contributed by atoms with E-state index in [0.717, 1.165) is 6.42 Å². The smallest absolute Gasteiger partial charge is 0.255 e. The molecular weight excluding hydrogens is 374 g/mol. The molecule has 1 saturated heterocycles. The van der Waals surface area contributed by atoms with Crippen LogP contribution < -0.4 is 5.32 Å². The van der Waals surface area contributed by atoms with E-state index in [4.69, 9.17) is 5.26 Å². The molecule has 0 spiro atoms. The van der Waals surface area contributed by atoms with Gasteiger partial charge in [0.2, 0.25) is 10.0 Å². The van der Waals surface area contributed by atoms with Crippen molar-refractivity contribution in [3.05, 3.63) is 59.7 Å². The first-order valence-corrected chi connectivity index (χ1v) is 10.7. The summed E-state index contributed by atoms with van der Waals surface area (Å²) in [5, 5.41) is 11.6. The van der Waals surface area contributed by atoms with E-state index >= 15 is 0 Å². The fourth-order valence-corrected chi connectivity index (χ4v) is 5.24. The number of hydrogen-bond donors (Lipinski definition) is 1. The SMILES string of the molecule is C[C@@H]1C[C@@H](C)CN(S(=O)(=O)c2ccc(NC(=O)c3ccc(C#N)cc3)cc2)C1. The number of carbonyl (C=O) groups excluding carboxylic acids is 1. The summed E-state index contributed by atoms with van der Waals surface area (Å²) >= 11 is 0. The van der Waals surface area contributed by atoms with Crippen LogP contribution in [0.4, 0.5) is 5.69 Å². The quantitative estimate of drug-likeness (QED) is 0.855. The predicted octanol–water partition coefficient (Wildman–Crippen LogP) is 3.48. The van der Waals surface area contributed by atoms with Crippen LogP contribution in [0.3, 0.4) is 0 Å². The summed E-state index contributed by atoms with van der Waals surface area (Å²) in [6, 6.07) is 14.5. The Labute approximate surface area is 165 Å². The number of nitrogens with one attached hydrogen (secondary N) is 1. The molecular formula is C21H23N3O3S. The van der Waals surface area contributed by atoms with Crippen molar-refractivity contribution in [1.29, 1.82) is 5.26 Å². The van der Waals surface area contributed by atoms with Gasteiger partial charge in [0, 0.05) is 24.3 Å². The average molecular weight is 398 g/mol. The van der Waals surface area contributed by atoms with Gasteiger partial charge in [0.25, 0.3) is 5.91 Å². The molecule has 6 nitrogen and oxygen atoms in total. The lowest BCUT2D eigenvalue weighted by Crippen LogP contribution is -2.42. The molecule has 0 aliphatic carbocycles. The second kappa shape index (κ2) is 8.13. The number of anilines is 1. The van der Waals surface area contributed by atoms with Crippen molar-refractivity contribution in [3.63, 3.8) is 0 Å². The second-order valence-electron chi connectivity index (χ2n) is 7.44. The standard InChI is InChI=1S/C21H23N3O3S/c1-15-11-16(2)14-24(13-15)28(26,27)20-9-7-19(8-10-20)23-21(25)18-5-3-17(12-22)4-6-18/h3-10,15-16H,11,13-14H2,1-2H3,(H,23,25)/t15-,16-/m1/s1. The Morgan fingerprint density at radius 1 is 1.04 bits per heavy atom. The van der Waals surface area contributed by atoms with E-state index in [1.54, 1.807) is 40.7 Å². The fourth-order valence-electron chi connectivity index (χ4n) is 3.56. The van der Waals surface area contributed by atoms with Crippen LogP contribution in [0.1, 0.15) is 36.2 Å². The zero-order valence-electron chi connectivity index (χ0n) is 15.9. The van der Waals surface area contributed by atoms with Gasteiger partial charge >= 0.3 is 0 Å². The minimum atomic E-state index is -3.54. The van der Waals surface area contributed by atoms with Gasteiger partial charge in [0.1, 0.15) is 0 Å². The number of carbonyl (C=O) groups is 1. The molecule has 2 aromatic rings. The number of rotatable bonds is 4. The molecule has 0 saturated carbocycles. The van der Waals surface area contributed by atoms with Gasteiger partial charge < -0.3 is 5.32 Å². The summed E-state index contributed by atoms with van der Waals surface area (Å²) < 4.78 is 27.4. The third kappa shape index (κ3) is 4.41. The summed E-state index contributed by atoms with van der Waals surface area (Å²) in [4.78, 5) is 12.5. The molecule has 0 radical (unpaired) electrons. The van der Waals surface area contributed by atoms with Gasteiger partial charge in [0.15, 0.2) is 0 Å².